The third kappa shape index (κ3) is 3.95. The van der Waals surface area contributed by atoms with Crippen LogP contribution < -0.4 is 0 Å². The summed E-state index contributed by atoms with van der Waals surface area (Å²) in [6, 6.07) is 4.89. The van der Waals surface area contributed by atoms with Crippen molar-refractivity contribution in [2.45, 2.75) is 6.04 Å². The summed E-state index contributed by atoms with van der Waals surface area (Å²) in [6.07, 6.45) is 3.94. The summed E-state index contributed by atoms with van der Waals surface area (Å²) in [7, 11) is 0. The summed E-state index contributed by atoms with van der Waals surface area (Å²) in [5, 5.41) is 22.2. The number of rotatable bonds is 5. The smallest absolute Gasteiger partial charge is 0.283 e. The second-order valence-corrected chi connectivity index (χ2v) is 4.54. The fourth-order valence-electron chi connectivity index (χ4n) is 1.27. The first-order chi connectivity index (χ1) is 9.65. The van der Waals surface area contributed by atoms with E-state index in [1.165, 1.54) is 35.9 Å². The van der Waals surface area contributed by atoms with Gasteiger partial charge in [-0.1, -0.05) is 0 Å². The number of aliphatic imine (C=N–C) groups is 2. The largest absolute Gasteiger partial charge is 0.508 e. The highest BCUT2D eigenvalue weighted by atomic mass is 32.1. The first-order valence-electron chi connectivity index (χ1n) is 5.55. The molecular formula is C12H10N4O3S. The predicted octanol–water partition coefficient (Wildman–Crippen LogP) is 2.60. The molecule has 1 unspecified atom stereocenters. The molecule has 7 nitrogen and oxygen atoms in total. The minimum atomic E-state index is -1.13. The molecule has 2 rings (SSSR count). The molecule has 0 aliphatic heterocycles. The van der Waals surface area contributed by atoms with E-state index in [4.69, 9.17) is 5.11 Å². The van der Waals surface area contributed by atoms with Crippen molar-refractivity contribution >= 4 is 34.6 Å². The van der Waals surface area contributed by atoms with Crippen LogP contribution in [0, 0.1) is 10.1 Å². The molecule has 2 aromatic rings. The Balaban J connectivity index is 2.09. The molecule has 20 heavy (non-hydrogen) atoms. The molecule has 1 N–H and O–H groups in total. The van der Waals surface area contributed by atoms with Crippen molar-refractivity contribution in [2.24, 2.45) is 9.98 Å². The molecule has 0 bridgehead atoms. The zero-order chi connectivity index (χ0) is 14.4. The molecule has 0 radical (unpaired) electrons. The van der Waals surface area contributed by atoms with Crippen molar-refractivity contribution in [1.82, 2.24) is 4.98 Å². The van der Waals surface area contributed by atoms with E-state index in [1.54, 1.807) is 23.7 Å². The normalized spacial score (nSPS) is 13.0. The number of nitrogens with zero attached hydrogens (tertiary/aromatic N) is 4. The number of aromatic hydroxyl groups is 1. The van der Waals surface area contributed by atoms with Gasteiger partial charge in [0, 0.05) is 16.5 Å². The van der Waals surface area contributed by atoms with E-state index in [0.717, 1.165) is 0 Å². The summed E-state index contributed by atoms with van der Waals surface area (Å²) < 4.78 is 0. The van der Waals surface area contributed by atoms with E-state index >= 15 is 0 Å². The maximum Gasteiger partial charge on any atom is 0.283 e. The van der Waals surface area contributed by atoms with E-state index < -0.39 is 11.0 Å². The lowest BCUT2D eigenvalue weighted by molar-refractivity contribution is -0.482. The number of hydrogen-bond acceptors (Lipinski definition) is 7. The van der Waals surface area contributed by atoms with Crippen molar-refractivity contribution in [3.8, 4) is 5.75 Å². The number of thiazole rings is 1. The highest BCUT2D eigenvalue weighted by Gasteiger charge is 2.14. The van der Waals surface area contributed by atoms with Crippen LogP contribution >= 0.6 is 11.3 Å². The van der Waals surface area contributed by atoms with Gasteiger partial charge in [-0.3, -0.25) is 15.1 Å². The number of phenolic OH excluding ortho intramolecular Hbond substituents is 1. The lowest BCUT2D eigenvalue weighted by atomic mass is 10.3. The molecule has 102 valence electrons. The van der Waals surface area contributed by atoms with Crippen LogP contribution in [-0.2, 0) is 0 Å². The summed E-state index contributed by atoms with van der Waals surface area (Å²) in [5.41, 5.74) is 0.511. The zero-order valence-electron chi connectivity index (χ0n) is 10.2. The number of aromatic nitrogens is 1. The molecule has 1 aromatic heterocycles. The van der Waals surface area contributed by atoms with Crippen LogP contribution in [0.4, 0.5) is 10.8 Å². The Morgan fingerprint density at radius 2 is 2.00 bits per heavy atom. The van der Waals surface area contributed by atoms with Crippen LogP contribution in [0.5, 0.6) is 5.75 Å². The Labute approximate surface area is 118 Å². The van der Waals surface area contributed by atoms with Crippen LogP contribution in [-0.4, -0.2) is 33.5 Å². The van der Waals surface area contributed by atoms with Gasteiger partial charge in [-0.25, -0.2) is 9.98 Å². The fraction of sp³-hybridized carbons (Fsp3) is 0.0833. The van der Waals surface area contributed by atoms with Gasteiger partial charge in [-0.05, 0) is 24.3 Å². The molecule has 0 saturated carbocycles. The van der Waals surface area contributed by atoms with Gasteiger partial charge in [0.25, 0.3) is 6.04 Å². The van der Waals surface area contributed by atoms with Crippen LogP contribution in [0.3, 0.4) is 0 Å². The van der Waals surface area contributed by atoms with Crippen molar-refractivity contribution in [3.63, 3.8) is 0 Å². The van der Waals surface area contributed by atoms with E-state index in [0.29, 0.717) is 10.8 Å². The number of benzene rings is 1. The summed E-state index contributed by atoms with van der Waals surface area (Å²) in [5.74, 6) is 0.111. The van der Waals surface area contributed by atoms with E-state index in [9.17, 15) is 10.1 Å². The second-order valence-electron chi connectivity index (χ2n) is 3.66. The Morgan fingerprint density at radius 1 is 1.30 bits per heavy atom. The van der Waals surface area contributed by atoms with Crippen molar-refractivity contribution < 1.29 is 10.0 Å². The molecule has 0 fully saturated rings. The molecule has 1 heterocycles. The van der Waals surface area contributed by atoms with Gasteiger partial charge in [0.05, 0.1) is 18.1 Å². The van der Waals surface area contributed by atoms with Gasteiger partial charge < -0.3 is 5.11 Å². The Bertz CT molecular complexity index is 623. The predicted molar refractivity (Wildman–Crippen MR) is 77.3 cm³/mol. The molecule has 0 amide bonds. The lowest BCUT2D eigenvalue weighted by Gasteiger charge is -1.97. The monoisotopic (exact) mass is 290 g/mol. The van der Waals surface area contributed by atoms with Gasteiger partial charge in [-0.2, -0.15) is 0 Å². The van der Waals surface area contributed by atoms with Crippen molar-refractivity contribution in [2.75, 3.05) is 0 Å². The number of phenols is 1. The molecule has 0 saturated heterocycles. The van der Waals surface area contributed by atoms with Crippen LogP contribution in [0.15, 0.2) is 45.8 Å². The van der Waals surface area contributed by atoms with Crippen molar-refractivity contribution in [3.05, 3.63) is 46.0 Å². The molecule has 1 aromatic carbocycles. The SMILES string of the molecule is O=[N+]([O-])C(C=Nc1ccc(O)cc1)/C=N/c1nccs1. The van der Waals surface area contributed by atoms with E-state index in [2.05, 4.69) is 15.0 Å². The highest BCUT2D eigenvalue weighted by molar-refractivity contribution is 7.13. The van der Waals surface area contributed by atoms with E-state index in [-0.39, 0.29) is 5.75 Å². The highest BCUT2D eigenvalue weighted by Crippen LogP contribution is 2.16. The summed E-state index contributed by atoms with van der Waals surface area (Å²) >= 11 is 1.29. The Morgan fingerprint density at radius 3 is 2.60 bits per heavy atom. The molecule has 8 heteroatoms. The van der Waals surface area contributed by atoms with Gasteiger partial charge in [-0.15, -0.1) is 11.3 Å². The maximum atomic E-state index is 10.9. The third-order valence-corrected chi connectivity index (χ3v) is 2.91. The average Bonchev–Trinajstić information content (AvgIpc) is 2.93. The summed E-state index contributed by atoms with van der Waals surface area (Å²) in [6.45, 7) is 0. The molecule has 0 aliphatic rings. The fourth-order valence-corrected chi connectivity index (χ4v) is 1.76. The van der Waals surface area contributed by atoms with Crippen LogP contribution in [0.25, 0.3) is 0 Å². The van der Waals surface area contributed by atoms with E-state index in [1.807, 2.05) is 0 Å². The second kappa shape index (κ2) is 6.53. The third-order valence-electron chi connectivity index (χ3n) is 2.23. The summed E-state index contributed by atoms with van der Waals surface area (Å²) in [4.78, 5) is 22.2. The zero-order valence-corrected chi connectivity index (χ0v) is 11.0. The first kappa shape index (κ1) is 13.8. The van der Waals surface area contributed by atoms with Crippen LogP contribution in [0.1, 0.15) is 0 Å². The average molecular weight is 290 g/mol. The minimum Gasteiger partial charge on any atom is -0.508 e. The standard InChI is InChI=1S/C12H10N4O3S/c17-11-3-1-9(2-4-11)14-7-10(16(18)19)8-15-12-13-5-6-20-12/h1-8,10,17H/b14-7?,15-8+. The quantitative estimate of drug-likeness (QED) is 0.519. The number of hydrogen-bond donors (Lipinski definition) is 1. The van der Waals surface area contributed by atoms with Gasteiger partial charge in [0.15, 0.2) is 0 Å². The molecule has 0 spiro atoms. The lowest BCUT2D eigenvalue weighted by Crippen LogP contribution is -2.22. The molecular weight excluding hydrogens is 280 g/mol. The van der Waals surface area contributed by atoms with Gasteiger partial charge >= 0.3 is 0 Å². The Kier molecular flexibility index (Phi) is 4.51. The first-order valence-corrected chi connectivity index (χ1v) is 6.43. The topological polar surface area (TPSA) is 101 Å². The van der Waals surface area contributed by atoms with Crippen LogP contribution in [0.2, 0.25) is 0 Å². The number of nitro groups is 1. The minimum absolute atomic E-state index is 0.111. The van der Waals surface area contributed by atoms with Crippen molar-refractivity contribution in [1.29, 1.82) is 0 Å². The Hall–Kier alpha value is -2.61. The molecule has 0 aliphatic carbocycles. The molecule has 1 atom stereocenters. The maximum absolute atomic E-state index is 10.9. The van der Waals surface area contributed by atoms with Gasteiger partial charge in [0.1, 0.15) is 5.75 Å². The van der Waals surface area contributed by atoms with Gasteiger partial charge in [0.2, 0.25) is 5.13 Å².